The highest BCUT2D eigenvalue weighted by Gasteiger charge is 2.24. The molecular weight excluding hydrogens is 414 g/mol. The summed E-state index contributed by atoms with van der Waals surface area (Å²) in [6, 6.07) is 13.7. The van der Waals surface area contributed by atoms with Gasteiger partial charge in [0, 0.05) is 4.88 Å². The molecule has 0 unspecified atom stereocenters. The lowest BCUT2D eigenvalue weighted by atomic mass is 9.89. The molecule has 3 aromatic rings. The van der Waals surface area contributed by atoms with E-state index in [1.807, 2.05) is 30.3 Å². The minimum absolute atomic E-state index is 0.165. The van der Waals surface area contributed by atoms with Gasteiger partial charge >= 0.3 is 0 Å². The van der Waals surface area contributed by atoms with Crippen molar-refractivity contribution in [2.24, 2.45) is 5.92 Å². The van der Waals surface area contributed by atoms with Crippen LogP contribution in [0.25, 0.3) is 10.8 Å². The highest BCUT2D eigenvalue weighted by Crippen LogP contribution is 2.39. The van der Waals surface area contributed by atoms with E-state index in [1.165, 1.54) is 12.0 Å². The summed E-state index contributed by atoms with van der Waals surface area (Å²) in [5.74, 6) is 0.735. The van der Waals surface area contributed by atoms with E-state index < -0.39 is 0 Å². The van der Waals surface area contributed by atoms with Crippen molar-refractivity contribution in [3.8, 4) is 11.8 Å². The maximum Gasteiger partial charge on any atom is 0.261 e. The Morgan fingerprint density at radius 1 is 1.30 bits per heavy atom. The van der Waals surface area contributed by atoms with Gasteiger partial charge in [0.25, 0.3) is 5.91 Å². The Morgan fingerprint density at radius 2 is 2.03 bits per heavy atom. The molecule has 152 valence electrons. The second kappa shape index (κ2) is 8.42. The molecule has 1 amide bonds. The molecule has 5 nitrogen and oxygen atoms in total. The summed E-state index contributed by atoms with van der Waals surface area (Å²) in [4.78, 5) is 14.1. The molecule has 1 aliphatic carbocycles. The molecule has 0 aliphatic heterocycles. The lowest BCUT2D eigenvalue weighted by Crippen LogP contribution is -2.34. The van der Waals surface area contributed by atoms with Crippen molar-refractivity contribution in [2.75, 3.05) is 12.4 Å². The van der Waals surface area contributed by atoms with Crippen LogP contribution in [0.3, 0.4) is 0 Å². The van der Waals surface area contributed by atoms with Crippen molar-refractivity contribution in [1.29, 1.82) is 5.26 Å². The van der Waals surface area contributed by atoms with Gasteiger partial charge in [-0.15, -0.1) is 11.3 Å². The fraction of sp³-hybridized carbons (Fsp3) is 0.261. The number of hydrogen-bond donors (Lipinski definition) is 2. The fourth-order valence-electron chi connectivity index (χ4n) is 3.83. The number of thiocarbonyl (C=S) groups is 1. The molecule has 0 fully saturated rings. The predicted molar refractivity (Wildman–Crippen MR) is 124 cm³/mol. The largest absolute Gasteiger partial charge is 0.496 e. The molecule has 0 saturated heterocycles. The van der Waals surface area contributed by atoms with Crippen molar-refractivity contribution in [2.45, 2.75) is 26.2 Å². The number of fused-ring (bicyclic) bond motifs is 2. The maximum atomic E-state index is 12.9. The number of nitrogens with zero attached hydrogens (tertiary/aromatic N) is 1. The second-order valence-corrected chi connectivity index (χ2v) is 8.99. The average Bonchev–Trinajstić information content (AvgIpc) is 3.08. The van der Waals surface area contributed by atoms with Gasteiger partial charge in [-0.25, -0.2) is 0 Å². The Labute approximate surface area is 184 Å². The first kappa shape index (κ1) is 20.3. The van der Waals surface area contributed by atoms with Gasteiger partial charge in [-0.1, -0.05) is 31.2 Å². The molecule has 1 heterocycles. The Kier molecular flexibility index (Phi) is 5.71. The summed E-state index contributed by atoms with van der Waals surface area (Å²) in [6.45, 7) is 2.23. The Balaban J connectivity index is 1.55. The van der Waals surface area contributed by atoms with Crippen LogP contribution < -0.4 is 15.4 Å². The normalized spacial score (nSPS) is 15.2. The van der Waals surface area contributed by atoms with Gasteiger partial charge in [0.1, 0.15) is 16.8 Å². The Bertz CT molecular complexity index is 1190. The predicted octanol–water partition coefficient (Wildman–Crippen LogP) is 5.03. The van der Waals surface area contributed by atoms with Crippen molar-refractivity contribution < 1.29 is 9.53 Å². The molecule has 4 rings (SSSR count). The molecule has 0 spiro atoms. The summed E-state index contributed by atoms with van der Waals surface area (Å²) < 4.78 is 5.41. The van der Waals surface area contributed by atoms with Crippen molar-refractivity contribution in [3.05, 3.63) is 58.0 Å². The summed E-state index contributed by atoms with van der Waals surface area (Å²) in [5, 5.41) is 18.2. The lowest BCUT2D eigenvalue weighted by molar-refractivity contribution is 0.0975. The first-order valence-corrected chi connectivity index (χ1v) is 11.0. The maximum absolute atomic E-state index is 12.9. The average molecular weight is 436 g/mol. The quantitative estimate of drug-likeness (QED) is 0.564. The van der Waals surface area contributed by atoms with Crippen LogP contribution in [0.2, 0.25) is 0 Å². The van der Waals surface area contributed by atoms with Crippen LogP contribution in [0, 0.1) is 17.2 Å². The standard InChI is InChI=1S/C23H21N3O2S2/c1-13-7-8-16-18(12-24)22(30-20(16)9-13)26-23(29)25-21(27)17-10-14-5-3-4-6-15(14)11-19(17)28-2/h3-6,10-11,13H,7-9H2,1-2H3,(H2,25,26,27,29)/t13-/m1/s1. The van der Waals surface area contributed by atoms with E-state index in [2.05, 4.69) is 23.6 Å². The van der Waals surface area contributed by atoms with Crippen LogP contribution in [0.1, 0.15) is 39.7 Å². The summed E-state index contributed by atoms with van der Waals surface area (Å²) in [5.41, 5.74) is 2.16. The third kappa shape index (κ3) is 3.89. The van der Waals surface area contributed by atoms with Crippen LogP contribution in [-0.4, -0.2) is 18.1 Å². The van der Waals surface area contributed by atoms with E-state index in [0.717, 1.165) is 35.6 Å². The topological polar surface area (TPSA) is 74.2 Å². The third-order valence-electron chi connectivity index (χ3n) is 5.39. The fourth-order valence-corrected chi connectivity index (χ4v) is 5.45. The first-order valence-electron chi connectivity index (χ1n) is 9.74. The molecule has 1 aliphatic rings. The van der Waals surface area contributed by atoms with Crippen LogP contribution in [0.4, 0.5) is 5.00 Å². The zero-order valence-corrected chi connectivity index (χ0v) is 18.4. The van der Waals surface area contributed by atoms with Gasteiger partial charge in [-0.2, -0.15) is 5.26 Å². The van der Waals surface area contributed by atoms with E-state index in [-0.39, 0.29) is 11.0 Å². The Morgan fingerprint density at radius 3 is 2.73 bits per heavy atom. The van der Waals surface area contributed by atoms with Crippen molar-refractivity contribution >= 4 is 50.3 Å². The number of ether oxygens (including phenoxy) is 1. The number of nitrogens with one attached hydrogen (secondary N) is 2. The summed E-state index contributed by atoms with van der Waals surface area (Å²) in [7, 11) is 1.54. The van der Waals surface area contributed by atoms with Crippen molar-refractivity contribution in [3.63, 3.8) is 0 Å². The molecule has 0 bridgehead atoms. The van der Waals surface area contributed by atoms with E-state index in [9.17, 15) is 10.1 Å². The number of carbonyl (C=O) groups is 1. The molecule has 2 aromatic carbocycles. The number of nitriles is 1. The summed E-state index contributed by atoms with van der Waals surface area (Å²) >= 11 is 6.93. The summed E-state index contributed by atoms with van der Waals surface area (Å²) in [6.07, 6.45) is 2.97. The number of rotatable bonds is 3. The highest BCUT2D eigenvalue weighted by atomic mass is 32.1. The minimum Gasteiger partial charge on any atom is -0.496 e. The smallest absolute Gasteiger partial charge is 0.261 e. The zero-order valence-electron chi connectivity index (χ0n) is 16.7. The number of methoxy groups -OCH3 is 1. The monoisotopic (exact) mass is 435 g/mol. The number of anilines is 1. The second-order valence-electron chi connectivity index (χ2n) is 7.48. The van der Waals surface area contributed by atoms with Crippen molar-refractivity contribution in [1.82, 2.24) is 5.32 Å². The minimum atomic E-state index is -0.358. The van der Waals surface area contributed by atoms with Gasteiger partial charge in [-0.3, -0.25) is 10.1 Å². The van der Waals surface area contributed by atoms with Crippen LogP contribution in [0.5, 0.6) is 5.75 Å². The molecule has 30 heavy (non-hydrogen) atoms. The van der Waals surface area contributed by atoms with Crippen LogP contribution in [0.15, 0.2) is 36.4 Å². The lowest BCUT2D eigenvalue weighted by Gasteiger charge is -2.17. The molecule has 1 aromatic heterocycles. The Hall–Kier alpha value is -2.95. The number of carbonyl (C=O) groups excluding carboxylic acids is 1. The third-order valence-corrected chi connectivity index (χ3v) is 6.76. The van der Waals surface area contributed by atoms with E-state index in [0.29, 0.717) is 27.8 Å². The van der Waals surface area contributed by atoms with Crippen LogP contribution >= 0.6 is 23.6 Å². The first-order chi connectivity index (χ1) is 14.5. The molecule has 2 N–H and O–H groups in total. The van der Waals surface area contributed by atoms with Crippen LogP contribution in [-0.2, 0) is 12.8 Å². The number of benzene rings is 2. The number of amides is 1. The van der Waals surface area contributed by atoms with E-state index in [4.69, 9.17) is 17.0 Å². The van der Waals surface area contributed by atoms with Gasteiger partial charge in [0.2, 0.25) is 0 Å². The highest BCUT2D eigenvalue weighted by molar-refractivity contribution is 7.80. The van der Waals surface area contributed by atoms with E-state index >= 15 is 0 Å². The van der Waals surface area contributed by atoms with E-state index in [1.54, 1.807) is 17.4 Å². The molecule has 0 saturated carbocycles. The zero-order chi connectivity index (χ0) is 21.3. The number of thiophene rings is 1. The molecule has 1 atom stereocenters. The molecule has 0 radical (unpaired) electrons. The molecule has 7 heteroatoms. The number of hydrogen-bond acceptors (Lipinski definition) is 5. The van der Waals surface area contributed by atoms with Gasteiger partial charge in [0.05, 0.1) is 18.2 Å². The van der Waals surface area contributed by atoms with Gasteiger partial charge in [-0.05, 0) is 65.9 Å². The SMILES string of the molecule is COc1cc2ccccc2cc1C(=O)NC(=S)Nc1sc2c(c1C#N)CC[C@@H](C)C2. The molecular formula is C23H21N3O2S2. The van der Waals surface area contributed by atoms with Gasteiger partial charge in [0.15, 0.2) is 5.11 Å². The van der Waals surface area contributed by atoms with Gasteiger partial charge < -0.3 is 10.1 Å².